The zero-order valence-electron chi connectivity index (χ0n) is 18.8. The van der Waals surface area contributed by atoms with Crippen molar-refractivity contribution in [3.05, 3.63) is 25.3 Å². The average Bonchev–Trinajstić information content (AvgIpc) is 3.36. The normalized spacial score (nSPS) is 31.1. The van der Waals surface area contributed by atoms with Crippen molar-refractivity contribution in [1.82, 2.24) is 14.7 Å². The molecule has 31 heavy (non-hydrogen) atoms. The van der Waals surface area contributed by atoms with Gasteiger partial charge in [-0.1, -0.05) is 12.2 Å². The van der Waals surface area contributed by atoms with Gasteiger partial charge in [0, 0.05) is 39.3 Å². The third-order valence-corrected chi connectivity index (χ3v) is 6.89. The molecule has 3 rings (SSSR count). The molecule has 8 nitrogen and oxygen atoms in total. The number of nitrogens with zero attached hydrogens (tertiary/aromatic N) is 3. The number of likely N-dealkylation sites (N-methyl/N-ethyl adjacent to an activating group) is 1. The molecule has 3 fully saturated rings. The molecule has 5 atom stereocenters. The maximum absolute atomic E-state index is 13.8. The maximum atomic E-state index is 13.8. The predicted octanol–water partition coefficient (Wildman–Crippen LogP) is 0.811. The molecule has 3 aliphatic rings. The Hall–Kier alpha value is -2.19. The summed E-state index contributed by atoms with van der Waals surface area (Å²) in [4.78, 5) is 45.4. The van der Waals surface area contributed by atoms with Gasteiger partial charge >= 0.3 is 0 Å². The standard InChI is InChI=1S/C23H35N3O5/c1-6-11-24(5)20(28)17-16-9-10-23(31-16)18(17)21(29)26(13-8-14-27)19(23)22(30)25(12-7-2)15(3)4/h6-7,15-19,27H,1-2,8-14H2,3-5H3/t16-,17+,18+,19?,23?/m1/s1. The van der Waals surface area contributed by atoms with Crippen molar-refractivity contribution < 1.29 is 24.2 Å². The van der Waals surface area contributed by atoms with E-state index in [9.17, 15) is 19.5 Å². The molecule has 0 aliphatic carbocycles. The third kappa shape index (κ3) is 3.69. The molecule has 3 heterocycles. The summed E-state index contributed by atoms with van der Waals surface area (Å²) in [5.41, 5.74) is -1.00. The molecule has 3 aliphatic heterocycles. The number of fused-ring (bicyclic) bond motifs is 1. The van der Waals surface area contributed by atoms with Crippen LogP contribution in [-0.4, -0.2) is 94.6 Å². The van der Waals surface area contributed by atoms with Gasteiger partial charge < -0.3 is 24.5 Å². The van der Waals surface area contributed by atoms with Crippen LogP contribution in [0.5, 0.6) is 0 Å². The number of aliphatic hydroxyl groups excluding tert-OH is 1. The Morgan fingerprint density at radius 3 is 2.55 bits per heavy atom. The Labute approximate surface area is 184 Å². The molecule has 1 N–H and O–H groups in total. The fourth-order valence-electron chi connectivity index (χ4n) is 5.59. The summed E-state index contributed by atoms with van der Waals surface area (Å²) in [7, 11) is 1.69. The van der Waals surface area contributed by atoms with Crippen LogP contribution in [-0.2, 0) is 19.1 Å². The van der Waals surface area contributed by atoms with E-state index in [1.807, 2.05) is 13.8 Å². The van der Waals surface area contributed by atoms with Crippen molar-refractivity contribution in [3.63, 3.8) is 0 Å². The number of carbonyl (C=O) groups is 3. The molecule has 0 aromatic rings. The van der Waals surface area contributed by atoms with Crippen molar-refractivity contribution in [3.8, 4) is 0 Å². The maximum Gasteiger partial charge on any atom is 0.248 e. The number of ether oxygens (including phenoxy) is 1. The van der Waals surface area contributed by atoms with E-state index in [0.29, 0.717) is 32.4 Å². The topological polar surface area (TPSA) is 90.4 Å². The molecule has 3 saturated heterocycles. The Balaban J connectivity index is 2.02. The smallest absolute Gasteiger partial charge is 0.248 e. The first-order valence-electron chi connectivity index (χ1n) is 11.1. The highest BCUT2D eigenvalue weighted by Crippen LogP contribution is 2.58. The number of rotatable bonds is 10. The van der Waals surface area contributed by atoms with Gasteiger partial charge in [-0.25, -0.2) is 0 Å². The van der Waals surface area contributed by atoms with Crippen molar-refractivity contribution in [2.75, 3.05) is 33.3 Å². The van der Waals surface area contributed by atoms with Crippen molar-refractivity contribution in [1.29, 1.82) is 0 Å². The van der Waals surface area contributed by atoms with Gasteiger partial charge in [-0.15, -0.1) is 13.2 Å². The van der Waals surface area contributed by atoms with E-state index < -0.39 is 23.5 Å². The molecular weight excluding hydrogens is 398 g/mol. The molecule has 0 radical (unpaired) electrons. The average molecular weight is 434 g/mol. The molecule has 0 aromatic heterocycles. The Bertz CT molecular complexity index is 753. The van der Waals surface area contributed by atoms with Crippen LogP contribution < -0.4 is 0 Å². The Kier molecular flexibility index (Phi) is 6.91. The summed E-state index contributed by atoms with van der Waals surface area (Å²) in [5.74, 6) is -1.84. The fraction of sp³-hybridized carbons (Fsp3) is 0.696. The predicted molar refractivity (Wildman–Crippen MR) is 116 cm³/mol. The van der Waals surface area contributed by atoms with E-state index in [1.54, 1.807) is 33.9 Å². The molecular formula is C23H35N3O5. The number of likely N-dealkylation sites (tertiary alicyclic amines) is 1. The first-order chi connectivity index (χ1) is 14.7. The van der Waals surface area contributed by atoms with Crippen LogP contribution in [0.1, 0.15) is 33.1 Å². The molecule has 3 amide bonds. The van der Waals surface area contributed by atoms with E-state index in [0.717, 1.165) is 0 Å². The number of hydrogen-bond acceptors (Lipinski definition) is 5. The highest BCUT2D eigenvalue weighted by atomic mass is 16.5. The summed E-state index contributed by atoms with van der Waals surface area (Å²) < 4.78 is 6.40. The minimum Gasteiger partial charge on any atom is -0.396 e. The highest BCUT2D eigenvalue weighted by Gasteiger charge is 2.74. The first kappa shape index (κ1) is 23.5. The van der Waals surface area contributed by atoms with Gasteiger partial charge in [-0.2, -0.15) is 0 Å². The molecule has 0 aromatic carbocycles. The fourth-order valence-corrected chi connectivity index (χ4v) is 5.59. The van der Waals surface area contributed by atoms with Gasteiger partial charge in [0.25, 0.3) is 0 Å². The minimum atomic E-state index is -1.00. The second kappa shape index (κ2) is 9.12. The van der Waals surface area contributed by atoms with Gasteiger partial charge in [-0.3, -0.25) is 14.4 Å². The number of amides is 3. The van der Waals surface area contributed by atoms with Crippen LogP contribution in [0.15, 0.2) is 25.3 Å². The van der Waals surface area contributed by atoms with E-state index >= 15 is 0 Å². The Morgan fingerprint density at radius 2 is 1.97 bits per heavy atom. The van der Waals surface area contributed by atoms with Crippen molar-refractivity contribution in [2.45, 2.75) is 56.9 Å². The van der Waals surface area contributed by atoms with E-state index in [4.69, 9.17) is 4.74 Å². The van der Waals surface area contributed by atoms with Gasteiger partial charge in [0.2, 0.25) is 17.7 Å². The monoisotopic (exact) mass is 433 g/mol. The lowest BCUT2D eigenvalue weighted by molar-refractivity contribution is -0.149. The van der Waals surface area contributed by atoms with Crippen LogP contribution in [0.3, 0.4) is 0 Å². The molecule has 0 saturated carbocycles. The first-order valence-corrected chi connectivity index (χ1v) is 11.1. The number of aliphatic hydroxyl groups is 1. The zero-order valence-corrected chi connectivity index (χ0v) is 18.8. The van der Waals surface area contributed by atoms with E-state index in [1.165, 1.54) is 0 Å². The van der Waals surface area contributed by atoms with Gasteiger partial charge in [0.1, 0.15) is 11.6 Å². The summed E-state index contributed by atoms with van der Waals surface area (Å²) in [6.45, 7) is 12.2. The van der Waals surface area contributed by atoms with E-state index in [2.05, 4.69) is 13.2 Å². The van der Waals surface area contributed by atoms with Gasteiger partial charge in [-0.05, 0) is 33.1 Å². The van der Waals surface area contributed by atoms with E-state index in [-0.39, 0.29) is 43.0 Å². The third-order valence-electron chi connectivity index (χ3n) is 6.89. The molecule has 8 heteroatoms. The molecule has 1 spiro atoms. The van der Waals surface area contributed by atoms with Crippen LogP contribution in [0.2, 0.25) is 0 Å². The summed E-state index contributed by atoms with van der Waals surface area (Å²) in [6.07, 6.45) is 4.52. The van der Waals surface area contributed by atoms with Crippen molar-refractivity contribution >= 4 is 17.7 Å². The lowest BCUT2D eigenvalue weighted by Gasteiger charge is -2.38. The quantitative estimate of drug-likeness (QED) is 0.515. The Morgan fingerprint density at radius 1 is 1.29 bits per heavy atom. The zero-order chi connectivity index (χ0) is 22.9. The van der Waals surface area contributed by atoms with Crippen LogP contribution in [0, 0.1) is 11.8 Å². The highest BCUT2D eigenvalue weighted by molar-refractivity contribution is 5.99. The molecule has 2 bridgehead atoms. The molecule has 172 valence electrons. The van der Waals surface area contributed by atoms with Crippen LogP contribution in [0.25, 0.3) is 0 Å². The summed E-state index contributed by atoms with van der Waals surface area (Å²) in [6, 6.07) is -0.878. The lowest BCUT2D eigenvalue weighted by atomic mass is 9.70. The lowest BCUT2D eigenvalue weighted by Crippen LogP contribution is -2.57. The van der Waals surface area contributed by atoms with Crippen LogP contribution in [0.4, 0.5) is 0 Å². The largest absolute Gasteiger partial charge is 0.396 e. The minimum absolute atomic E-state index is 0.0782. The SMILES string of the molecule is C=CCN(C)C(=O)[C@@H]1[C@H]2C(=O)N(CCCO)C(C(=O)N(CC=C)C(C)C)C23CC[C@H]1O3. The second-order valence-electron chi connectivity index (χ2n) is 9.05. The number of carbonyl (C=O) groups excluding carboxylic acids is 3. The summed E-state index contributed by atoms with van der Waals surface area (Å²) >= 11 is 0. The van der Waals surface area contributed by atoms with Crippen molar-refractivity contribution in [2.24, 2.45) is 11.8 Å². The molecule has 2 unspecified atom stereocenters. The van der Waals surface area contributed by atoms with Crippen LogP contribution >= 0.6 is 0 Å². The van der Waals surface area contributed by atoms with Gasteiger partial charge in [0.15, 0.2) is 0 Å². The van der Waals surface area contributed by atoms with Gasteiger partial charge in [0.05, 0.1) is 17.9 Å². The summed E-state index contributed by atoms with van der Waals surface area (Å²) in [5, 5.41) is 9.38. The number of hydrogen-bond donors (Lipinski definition) is 1. The second-order valence-corrected chi connectivity index (χ2v) is 9.05.